The summed E-state index contributed by atoms with van der Waals surface area (Å²) in [5.41, 5.74) is 1.19. The first-order valence-corrected chi connectivity index (χ1v) is 8.16. The molecular formula is C17H24N4O2. The number of carbonyl (C=O) groups excluding carboxylic acids is 2. The number of rotatable bonds is 5. The molecule has 0 saturated carbocycles. The second-order valence-corrected chi connectivity index (χ2v) is 6.77. The van der Waals surface area contributed by atoms with E-state index in [9.17, 15) is 9.59 Å². The molecule has 3 heterocycles. The van der Waals surface area contributed by atoms with Gasteiger partial charge in [0.2, 0.25) is 11.8 Å². The van der Waals surface area contributed by atoms with Crippen molar-refractivity contribution < 1.29 is 9.59 Å². The number of hydrogen-bond acceptors (Lipinski definition) is 4. The van der Waals surface area contributed by atoms with Gasteiger partial charge in [0, 0.05) is 57.5 Å². The molecule has 2 fully saturated rings. The summed E-state index contributed by atoms with van der Waals surface area (Å²) < 4.78 is 0. The third kappa shape index (κ3) is 3.52. The van der Waals surface area contributed by atoms with Crippen LogP contribution in [0.25, 0.3) is 0 Å². The van der Waals surface area contributed by atoms with Crippen LogP contribution in [-0.2, 0) is 9.59 Å². The highest BCUT2D eigenvalue weighted by molar-refractivity contribution is 5.89. The van der Waals surface area contributed by atoms with Crippen LogP contribution in [-0.4, -0.2) is 78.3 Å². The first-order chi connectivity index (χ1) is 11.0. The summed E-state index contributed by atoms with van der Waals surface area (Å²) in [5.74, 6) is 0.453. The third-order valence-electron chi connectivity index (χ3n) is 4.73. The highest BCUT2D eigenvalue weighted by Gasteiger charge is 2.40. The number of nitrogens with zero attached hydrogens (tertiary/aromatic N) is 4. The highest BCUT2D eigenvalue weighted by atomic mass is 16.2. The lowest BCUT2D eigenvalue weighted by Crippen LogP contribution is -2.51. The molecule has 0 bridgehead atoms. The maximum atomic E-state index is 12.6. The van der Waals surface area contributed by atoms with Crippen molar-refractivity contribution in [2.75, 3.05) is 46.8 Å². The average Bonchev–Trinajstić information content (AvgIpc) is 2.86. The van der Waals surface area contributed by atoms with Crippen molar-refractivity contribution in [3.63, 3.8) is 0 Å². The number of pyridine rings is 1. The molecule has 2 aliphatic rings. The predicted molar refractivity (Wildman–Crippen MR) is 86.8 cm³/mol. The minimum absolute atomic E-state index is 0.106. The Kier molecular flexibility index (Phi) is 4.61. The first-order valence-electron chi connectivity index (χ1n) is 8.16. The van der Waals surface area contributed by atoms with Gasteiger partial charge in [0.1, 0.15) is 0 Å². The van der Waals surface area contributed by atoms with E-state index in [0.29, 0.717) is 25.4 Å². The summed E-state index contributed by atoms with van der Waals surface area (Å²) in [4.78, 5) is 34.5. The van der Waals surface area contributed by atoms with E-state index in [4.69, 9.17) is 0 Å². The van der Waals surface area contributed by atoms with Crippen LogP contribution in [0, 0.1) is 5.92 Å². The summed E-state index contributed by atoms with van der Waals surface area (Å²) in [6, 6.07) is 3.99. The van der Waals surface area contributed by atoms with Crippen LogP contribution in [0.1, 0.15) is 17.9 Å². The monoisotopic (exact) mass is 316 g/mol. The molecule has 1 atom stereocenters. The van der Waals surface area contributed by atoms with Gasteiger partial charge in [-0.05, 0) is 25.7 Å². The summed E-state index contributed by atoms with van der Waals surface area (Å²) >= 11 is 0. The maximum absolute atomic E-state index is 12.6. The van der Waals surface area contributed by atoms with Crippen molar-refractivity contribution in [2.45, 2.75) is 12.3 Å². The minimum atomic E-state index is -0.167. The Morgan fingerprint density at radius 2 is 2.13 bits per heavy atom. The molecule has 6 nitrogen and oxygen atoms in total. The molecule has 6 heteroatoms. The van der Waals surface area contributed by atoms with Crippen molar-refractivity contribution >= 4 is 11.8 Å². The van der Waals surface area contributed by atoms with Gasteiger partial charge in [-0.25, -0.2) is 0 Å². The number of carbonyl (C=O) groups is 2. The van der Waals surface area contributed by atoms with E-state index in [0.717, 1.165) is 19.6 Å². The van der Waals surface area contributed by atoms with Gasteiger partial charge >= 0.3 is 0 Å². The molecule has 0 aliphatic carbocycles. The predicted octanol–water partition coefficient (Wildman–Crippen LogP) is 0.418. The fourth-order valence-corrected chi connectivity index (χ4v) is 3.22. The van der Waals surface area contributed by atoms with Crippen molar-refractivity contribution in [1.29, 1.82) is 0 Å². The largest absolute Gasteiger partial charge is 0.341 e. The fraction of sp³-hybridized carbons (Fsp3) is 0.588. The molecule has 3 rings (SSSR count). The van der Waals surface area contributed by atoms with Crippen molar-refractivity contribution in [2.24, 2.45) is 5.92 Å². The number of likely N-dealkylation sites (tertiary alicyclic amines) is 2. The number of likely N-dealkylation sites (N-methyl/N-ethyl adjacent to an activating group) is 1. The van der Waals surface area contributed by atoms with Gasteiger partial charge in [-0.2, -0.15) is 0 Å². The van der Waals surface area contributed by atoms with E-state index >= 15 is 0 Å². The number of hydrogen-bond donors (Lipinski definition) is 0. The van der Waals surface area contributed by atoms with Crippen LogP contribution in [0.2, 0.25) is 0 Å². The lowest BCUT2D eigenvalue weighted by atomic mass is 9.91. The van der Waals surface area contributed by atoms with Crippen molar-refractivity contribution in [3.8, 4) is 0 Å². The fourth-order valence-electron chi connectivity index (χ4n) is 3.22. The quantitative estimate of drug-likeness (QED) is 0.790. The van der Waals surface area contributed by atoms with Gasteiger partial charge < -0.3 is 14.7 Å². The first kappa shape index (κ1) is 15.9. The summed E-state index contributed by atoms with van der Waals surface area (Å²) in [5, 5.41) is 0. The highest BCUT2D eigenvalue weighted by Crippen LogP contribution is 2.29. The van der Waals surface area contributed by atoms with Gasteiger partial charge in [-0.3, -0.25) is 14.6 Å². The molecule has 23 heavy (non-hydrogen) atoms. The summed E-state index contributed by atoms with van der Waals surface area (Å²) in [7, 11) is 3.98. The van der Waals surface area contributed by atoms with E-state index in [1.54, 1.807) is 6.20 Å². The SMILES string of the molecule is CN(C)CCN1C[C@H](C(=O)N2CC(c3cccnc3)C2)CC1=O. The molecule has 2 saturated heterocycles. The Bertz CT molecular complexity index is 569. The standard InChI is InChI=1S/C17H24N4O2/c1-19(2)6-7-20-10-14(8-16(20)22)17(23)21-11-15(12-21)13-4-3-5-18-9-13/h3-5,9,14-15H,6-8,10-12H2,1-2H3/t14-/m1/s1. The van der Waals surface area contributed by atoms with Crippen LogP contribution in [0.5, 0.6) is 0 Å². The van der Waals surface area contributed by atoms with E-state index in [1.807, 2.05) is 36.2 Å². The van der Waals surface area contributed by atoms with Gasteiger partial charge in [0.15, 0.2) is 0 Å². The molecule has 1 aromatic rings. The lowest BCUT2D eigenvalue weighted by molar-refractivity contribution is -0.140. The molecule has 124 valence electrons. The molecule has 2 amide bonds. The number of amides is 2. The van der Waals surface area contributed by atoms with Crippen LogP contribution >= 0.6 is 0 Å². The van der Waals surface area contributed by atoms with E-state index < -0.39 is 0 Å². The summed E-state index contributed by atoms with van der Waals surface area (Å²) in [6.45, 7) is 3.59. The van der Waals surface area contributed by atoms with Crippen LogP contribution in [0.3, 0.4) is 0 Å². The molecule has 1 aromatic heterocycles. The zero-order valence-electron chi connectivity index (χ0n) is 13.8. The van der Waals surface area contributed by atoms with Gasteiger partial charge in [-0.1, -0.05) is 6.07 Å². The molecule has 0 N–H and O–H groups in total. The summed E-state index contributed by atoms with van der Waals surface area (Å²) in [6.07, 6.45) is 3.99. The molecule has 0 unspecified atom stereocenters. The lowest BCUT2D eigenvalue weighted by Gasteiger charge is -2.40. The van der Waals surface area contributed by atoms with E-state index in [-0.39, 0.29) is 17.7 Å². The number of aromatic nitrogens is 1. The van der Waals surface area contributed by atoms with Crippen LogP contribution in [0.4, 0.5) is 0 Å². The Morgan fingerprint density at radius 3 is 2.78 bits per heavy atom. The minimum Gasteiger partial charge on any atom is -0.341 e. The van der Waals surface area contributed by atoms with Gasteiger partial charge in [-0.15, -0.1) is 0 Å². The maximum Gasteiger partial charge on any atom is 0.228 e. The van der Waals surface area contributed by atoms with Crippen molar-refractivity contribution in [1.82, 2.24) is 19.7 Å². The van der Waals surface area contributed by atoms with Gasteiger partial charge in [0.25, 0.3) is 0 Å². The van der Waals surface area contributed by atoms with Crippen molar-refractivity contribution in [3.05, 3.63) is 30.1 Å². The second-order valence-electron chi connectivity index (χ2n) is 6.77. The molecule has 0 aromatic carbocycles. The van der Waals surface area contributed by atoms with Crippen LogP contribution in [0.15, 0.2) is 24.5 Å². The molecule has 2 aliphatic heterocycles. The Morgan fingerprint density at radius 1 is 1.35 bits per heavy atom. The Hall–Kier alpha value is -1.95. The smallest absolute Gasteiger partial charge is 0.228 e. The van der Waals surface area contributed by atoms with E-state index in [2.05, 4.69) is 16.0 Å². The molecular weight excluding hydrogens is 292 g/mol. The molecule has 0 spiro atoms. The topological polar surface area (TPSA) is 56.8 Å². The zero-order valence-corrected chi connectivity index (χ0v) is 13.8. The molecule has 0 radical (unpaired) electrons. The second kappa shape index (κ2) is 6.66. The van der Waals surface area contributed by atoms with Crippen LogP contribution < -0.4 is 0 Å². The zero-order chi connectivity index (χ0) is 16.4. The normalized spacial score (nSPS) is 21.9. The Labute approximate surface area is 137 Å². The third-order valence-corrected chi connectivity index (χ3v) is 4.73. The van der Waals surface area contributed by atoms with E-state index in [1.165, 1.54) is 5.56 Å². The van der Waals surface area contributed by atoms with Gasteiger partial charge in [0.05, 0.1) is 5.92 Å². The average molecular weight is 316 g/mol. The Balaban J connectivity index is 1.49.